The summed E-state index contributed by atoms with van der Waals surface area (Å²) < 4.78 is 5.52. The highest BCUT2D eigenvalue weighted by molar-refractivity contribution is 14.0. The second-order valence-electron chi connectivity index (χ2n) is 5.37. The number of ether oxygens (including phenoxy) is 1. The number of amides is 1. The molecular weight excluding hydrogens is 419 g/mol. The van der Waals surface area contributed by atoms with Gasteiger partial charge in [-0.05, 0) is 37.5 Å². The molecule has 0 aromatic heterocycles. The van der Waals surface area contributed by atoms with Gasteiger partial charge >= 0.3 is 0 Å². The molecule has 1 aliphatic heterocycles. The summed E-state index contributed by atoms with van der Waals surface area (Å²) in [6, 6.07) is 6.36. The molecule has 0 saturated heterocycles. The predicted octanol–water partition coefficient (Wildman–Crippen LogP) is 1.47. The molecule has 1 aromatic carbocycles. The molecule has 134 valence electrons. The number of nitrogens with one attached hydrogen (secondary N) is 3. The van der Waals surface area contributed by atoms with Gasteiger partial charge in [-0.15, -0.1) is 24.0 Å². The molecule has 7 heteroatoms. The van der Waals surface area contributed by atoms with E-state index >= 15 is 0 Å². The molecule has 0 spiro atoms. The van der Waals surface area contributed by atoms with Gasteiger partial charge in [-0.1, -0.05) is 12.1 Å². The number of likely N-dealkylation sites (N-methyl/N-ethyl adjacent to an activating group) is 1. The molecule has 6 nitrogen and oxygen atoms in total. The maximum Gasteiger partial charge on any atom is 0.241 e. The Kier molecular flexibility index (Phi) is 9.51. The van der Waals surface area contributed by atoms with Gasteiger partial charge in [0, 0.05) is 26.1 Å². The zero-order valence-corrected chi connectivity index (χ0v) is 16.7. The lowest BCUT2D eigenvalue weighted by Gasteiger charge is -2.11. The number of carbonyl (C=O) groups is 1. The highest BCUT2D eigenvalue weighted by Gasteiger charge is 2.11. The molecule has 24 heavy (non-hydrogen) atoms. The van der Waals surface area contributed by atoms with Crippen LogP contribution in [-0.2, 0) is 17.6 Å². The van der Waals surface area contributed by atoms with E-state index in [1.54, 1.807) is 0 Å². The highest BCUT2D eigenvalue weighted by Crippen LogP contribution is 2.25. The number of guanidine groups is 1. The van der Waals surface area contributed by atoms with Gasteiger partial charge in [0.15, 0.2) is 5.96 Å². The lowest BCUT2D eigenvalue weighted by molar-refractivity contribution is -0.119. The van der Waals surface area contributed by atoms with Gasteiger partial charge in [-0.3, -0.25) is 4.79 Å². The summed E-state index contributed by atoms with van der Waals surface area (Å²) >= 11 is 0. The van der Waals surface area contributed by atoms with E-state index in [0.717, 1.165) is 38.3 Å². The molecule has 0 radical (unpaired) electrons. The van der Waals surface area contributed by atoms with Crippen LogP contribution in [0.15, 0.2) is 23.2 Å². The fourth-order valence-corrected chi connectivity index (χ4v) is 2.47. The van der Waals surface area contributed by atoms with Crippen molar-refractivity contribution in [3.8, 4) is 5.75 Å². The Morgan fingerprint density at radius 2 is 2.00 bits per heavy atom. The Hall–Kier alpha value is -1.51. The number of nitrogens with zero attached hydrogens (tertiary/aromatic N) is 1. The Labute approximate surface area is 160 Å². The Morgan fingerprint density at radius 3 is 2.75 bits per heavy atom. The van der Waals surface area contributed by atoms with Gasteiger partial charge < -0.3 is 20.7 Å². The van der Waals surface area contributed by atoms with E-state index in [1.165, 1.54) is 11.1 Å². The van der Waals surface area contributed by atoms with Crippen LogP contribution in [0, 0.1) is 0 Å². The number of fused-ring (bicyclic) bond motifs is 1. The molecule has 0 fully saturated rings. The number of hydrogen-bond donors (Lipinski definition) is 3. The van der Waals surface area contributed by atoms with Crippen LogP contribution in [0.25, 0.3) is 0 Å². The van der Waals surface area contributed by atoms with E-state index in [0.29, 0.717) is 12.5 Å². The standard InChI is InChI=1S/C17H26N4O2.HI/c1-3-18-16(22)12-21-17(19-4-2)20-9-7-13-5-6-15-14(11-13)8-10-23-15;/h5-6,11H,3-4,7-10,12H2,1-2H3,(H,18,22)(H2,19,20,21);1H. The molecule has 1 heterocycles. The first-order valence-corrected chi connectivity index (χ1v) is 8.26. The average molecular weight is 446 g/mol. The molecular formula is C17H27IN4O2. The van der Waals surface area contributed by atoms with Gasteiger partial charge in [0.1, 0.15) is 12.3 Å². The van der Waals surface area contributed by atoms with Crippen LogP contribution in [0.3, 0.4) is 0 Å². The molecule has 3 N–H and O–H groups in total. The lowest BCUT2D eigenvalue weighted by atomic mass is 10.1. The third-order valence-electron chi connectivity index (χ3n) is 3.56. The molecule has 1 aliphatic rings. The highest BCUT2D eigenvalue weighted by atomic mass is 127. The second-order valence-corrected chi connectivity index (χ2v) is 5.37. The fraction of sp³-hybridized carbons (Fsp3) is 0.529. The van der Waals surface area contributed by atoms with Crippen molar-refractivity contribution in [2.75, 3.05) is 32.8 Å². The first-order valence-electron chi connectivity index (χ1n) is 8.26. The van der Waals surface area contributed by atoms with Gasteiger partial charge in [-0.25, -0.2) is 4.99 Å². The van der Waals surface area contributed by atoms with Crippen molar-refractivity contribution in [1.82, 2.24) is 16.0 Å². The molecule has 0 bridgehead atoms. The molecule has 0 saturated carbocycles. The van der Waals surface area contributed by atoms with Crippen molar-refractivity contribution in [3.05, 3.63) is 29.3 Å². The first kappa shape index (κ1) is 20.5. The number of benzene rings is 1. The third-order valence-corrected chi connectivity index (χ3v) is 3.56. The van der Waals surface area contributed by atoms with E-state index in [4.69, 9.17) is 4.74 Å². The lowest BCUT2D eigenvalue weighted by Crippen LogP contribution is -2.39. The molecule has 1 amide bonds. The van der Waals surface area contributed by atoms with Crippen molar-refractivity contribution in [3.63, 3.8) is 0 Å². The van der Waals surface area contributed by atoms with Crippen molar-refractivity contribution in [2.45, 2.75) is 26.7 Å². The summed E-state index contributed by atoms with van der Waals surface area (Å²) in [4.78, 5) is 15.8. The number of halogens is 1. The molecule has 0 atom stereocenters. The average Bonchev–Trinajstić information content (AvgIpc) is 3.00. The van der Waals surface area contributed by atoms with Crippen LogP contribution in [0.2, 0.25) is 0 Å². The maximum atomic E-state index is 11.5. The largest absolute Gasteiger partial charge is 0.493 e. The molecule has 2 rings (SSSR count). The molecule has 0 aliphatic carbocycles. The quantitative estimate of drug-likeness (QED) is 0.337. The molecule has 0 unspecified atom stereocenters. The number of aliphatic imine (C=N–C) groups is 1. The maximum absolute atomic E-state index is 11.5. The van der Waals surface area contributed by atoms with E-state index in [-0.39, 0.29) is 36.4 Å². The summed E-state index contributed by atoms with van der Waals surface area (Å²) in [5.74, 6) is 1.62. The van der Waals surface area contributed by atoms with E-state index in [9.17, 15) is 4.79 Å². The Bertz CT molecular complexity index is 564. The summed E-state index contributed by atoms with van der Waals surface area (Å²) in [6.07, 6.45) is 1.89. The fourth-order valence-electron chi connectivity index (χ4n) is 2.47. The number of hydrogen-bond acceptors (Lipinski definition) is 3. The minimum atomic E-state index is -0.0664. The van der Waals surface area contributed by atoms with Crippen LogP contribution in [0.1, 0.15) is 25.0 Å². The predicted molar refractivity (Wildman–Crippen MR) is 107 cm³/mol. The van der Waals surface area contributed by atoms with Crippen molar-refractivity contribution < 1.29 is 9.53 Å². The smallest absolute Gasteiger partial charge is 0.241 e. The number of carbonyl (C=O) groups excluding carboxylic acids is 1. The van der Waals surface area contributed by atoms with Gasteiger partial charge in [0.2, 0.25) is 5.91 Å². The van der Waals surface area contributed by atoms with Crippen LogP contribution >= 0.6 is 24.0 Å². The van der Waals surface area contributed by atoms with Crippen LogP contribution in [-0.4, -0.2) is 44.7 Å². The van der Waals surface area contributed by atoms with Gasteiger partial charge in [0.25, 0.3) is 0 Å². The van der Waals surface area contributed by atoms with Gasteiger partial charge in [0.05, 0.1) is 6.61 Å². The zero-order chi connectivity index (χ0) is 16.5. The summed E-state index contributed by atoms with van der Waals surface area (Å²) in [5.41, 5.74) is 2.57. The third kappa shape index (κ3) is 6.54. The SMILES string of the molecule is CCNC(=O)CN=C(NCC)NCCc1ccc2c(c1)CCO2.I. The minimum absolute atomic E-state index is 0. The van der Waals surface area contributed by atoms with Crippen LogP contribution < -0.4 is 20.7 Å². The van der Waals surface area contributed by atoms with Crippen molar-refractivity contribution in [1.29, 1.82) is 0 Å². The second kappa shape index (κ2) is 11.1. The van der Waals surface area contributed by atoms with Crippen molar-refractivity contribution >= 4 is 35.8 Å². The van der Waals surface area contributed by atoms with E-state index in [1.807, 2.05) is 19.9 Å². The van der Waals surface area contributed by atoms with Crippen LogP contribution in [0.4, 0.5) is 0 Å². The van der Waals surface area contributed by atoms with Crippen molar-refractivity contribution in [2.24, 2.45) is 4.99 Å². The Balaban J connectivity index is 0.00000288. The molecule has 1 aromatic rings. The normalized spacial score (nSPS) is 12.7. The van der Waals surface area contributed by atoms with Crippen LogP contribution in [0.5, 0.6) is 5.75 Å². The minimum Gasteiger partial charge on any atom is -0.493 e. The Morgan fingerprint density at radius 1 is 1.21 bits per heavy atom. The van der Waals surface area contributed by atoms with E-state index < -0.39 is 0 Å². The topological polar surface area (TPSA) is 74.8 Å². The number of rotatable bonds is 7. The van der Waals surface area contributed by atoms with E-state index in [2.05, 4.69) is 33.1 Å². The summed E-state index contributed by atoms with van der Waals surface area (Å²) in [5, 5.41) is 9.14. The monoisotopic (exact) mass is 446 g/mol. The summed E-state index contributed by atoms with van der Waals surface area (Å²) in [6.45, 7) is 6.97. The van der Waals surface area contributed by atoms with Gasteiger partial charge in [-0.2, -0.15) is 0 Å². The first-order chi connectivity index (χ1) is 11.2. The zero-order valence-electron chi connectivity index (χ0n) is 14.4. The summed E-state index contributed by atoms with van der Waals surface area (Å²) in [7, 11) is 0.